The molecule has 0 spiro atoms. The van der Waals surface area contributed by atoms with E-state index in [9.17, 15) is 0 Å². The molecule has 1 saturated carbocycles. The molecule has 0 saturated heterocycles. The molecule has 0 radical (unpaired) electrons. The lowest BCUT2D eigenvalue weighted by Gasteiger charge is -2.25. The predicted molar refractivity (Wildman–Crippen MR) is 65.9 cm³/mol. The summed E-state index contributed by atoms with van der Waals surface area (Å²) in [5.74, 6) is 1.02. The van der Waals surface area contributed by atoms with Crippen LogP contribution in [-0.2, 0) is 12.0 Å². The maximum atomic E-state index is 9.05. The molecule has 18 heavy (non-hydrogen) atoms. The lowest BCUT2D eigenvalue weighted by atomic mass is 9.78. The molecule has 1 aliphatic rings. The number of aliphatic hydroxyl groups is 1. The number of aliphatic hydroxyl groups excluding tert-OH is 1. The second-order valence-corrected chi connectivity index (χ2v) is 4.83. The third kappa shape index (κ3) is 1.73. The Bertz CT molecular complexity index is 516. The van der Waals surface area contributed by atoms with E-state index in [-0.39, 0.29) is 12.0 Å². The molecule has 1 aromatic heterocycles. The van der Waals surface area contributed by atoms with Crippen LogP contribution in [0.4, 0.5) is 0 Å². The van der Waals surface area contributed by atoms with E-state index in [2.05, 4.69) is 22.3 Å². The molecule has 94 valence electrons. The largest absolute Gasteiger partial charge is 0.387 e. The van der Waals surface area contributed by atoms with Crippen LogP contribution < -0.4 is 0 Å². The molecule has 1 heterocycles. The van der Waals surface area contributed by atoms with Gasteiger partial charge in [-0.05, 0) is 18.4 Å². The molecular formula is C14H16N2O2. The van der Waals surface area contributed by atoms with Crippen molar-refractivity contribution in [3.63, 3.8) is 0 Å². The van der Waals surface area contributed by atoms with Crippen LogP contribution in [0.1, 0.15) is 43.0 Å². The van der Waals surface area contributed by atoms with Crippen molar-refractivity contribution in [2.24, 2.45) is 0 Å². The predicted octanol–water partition coefficient (Wildman–Crippen LogP) is 2.42. The van der Waals surface area contributed by atoms with Gasteiger partial charge in [0.2, 0.25) is 0 Å². The van der Waals surface area contributed by atoms with E-state index >= 15 is 0 Å². The first-order chi connectivity index (χ1) is 8.85. The van der Waals surface area contributed by atoms with Gasteiger partial charge in [-0.15, -0.1) is 0 Å². The van der Waals surface area contributed by atoms with Crippen LogP contribution in [-0.4, -0.2) is 15.2 Å². The second kappa shape index (κ2) is 4.53. The average Bonchev–Trinajstić information content (AvgIpc) is 3.09. The first kappa shape index (κ1) is 11.4. The smallest absolute Gasteiger partial charge is 0.252 e. The summed E-state index contributed by atoms with van der Waals surface area (Å²) < 4.78 is 5.06. The van der Waals surface area contributed by atoms with Crippen molar-refractivity contribution in [1.29, 1.82) is 0 Å². The molecule has 0 atom stereocenters. The fourth-order valence-electron chi connectivity index (χ4n) is 2.89. The summed E-state index contributed by atoms with van der Waals surface area (Å²) in [6, 6.07) is 10.4. The van der Waals surface area contributed by atoms with Crippen LogP contribution in [0.5, 0.6) is 0 Å². The van der Waals surface area contributed by atoms with Gasteiger partial charge >= 0.3 is 0 Å². The molecule has 0 amide bonds. The Morgan fingerprint density at radius 3 is 2.50 bits per heavy atom. The van der Waals surface area contributed by atoms with E-state index in [0.717, 1.165) is 18.7 Å². The van der Waals surface area contributed by atoms with E-state index in [4.69, 9.17) is 9.63 Å². The van der Waals surface area contributed by atoms with Gasteiger partial charge in [-0.1, -0.05) is 48.3 Å². The number of benzene rings is 1. The van der Waals surface area contributed by atoms with Crippen molar-refractivity contribution >= 4 is 0 Å². The summed E-state index contributed by atoms with van der Waals surface area (Å²) in [6.45, 7) is -0.197. The van der Waals surface area contributed by atoms with Crippen LogP contribution in [0.3, 0.4) is 0 Å². The van der Waals surface area contributed by atoms with Gasteiger partial charge in [0.1, 0.15) is 6.61 Å². The average molecular weight is 244 g/mol. The Morgan fingerprint density at radius 2 is 1.89 bits per heavy atom. The minimum absolute atomic E-state index is 0.127. The van der Waals surface area contributed by atoms with E-state index in [0.29, 0.717) is 5.89 Å². The Kier molecular flexibility index (Phi) is 2.88. The third-order valence-electron chi connectivity index (χ3n) is 3.81. The van der Waals surface area contributed by atoms with Crippen LogP contribution >= 0.6 is 0 Å². The fraction of sp³-hybridized carbons (Fsp3) is 0.429. The van der Waals surface area contributed by atoms with Gasteiger partial charge in [0.05, 0.1) is 5.41 Å². The Hall–Kier alpha value is -1.68. The first-order valence-electron chi connectivity index (χ1n) is 6.35. The van der Waals surface area contributed by atoms with Crippen molar-refractivity contribution < 1.29 is 9.63 Å². The summed E-state index contributed by atoms with van der Waals surface area (Å²) in [7, 11) is 0. The van der Waals surface area contributed by atoms with Crippen LogP contribution in [0.25, 0.3) is 0 Å². The van der Waals surface area contributed by atoms with Gasteiger partial charge < -0.3 is 9.63 Å². The zero-order valence-electron chi connectivity index (χ0n) is 10.2. The molecule has 4 heteroatoms. The molecule has 0 bridgehead atoms. The molecule has 4 nitrogen and oxygen atoms in total. The van der Waals surface area contributed by atoms with Gasteiger partial charge in [0, 0.05) is 0 Å². The van der Waals surface area contributed by atoms with Crippen LogP contribution in [0.15, 0.2) is 34.9 Å². The van der Waals surface area contributed by atoms with E-state index in [1.54, 1.807) is 0 Å². The summed E-state index contributed by atoms with van der Waals surface area (Å²) in [5, 5.41) is 13.1. The van der Waals surface area contributed by atoms with Gasteiger partial charge in [-0.25, -0.2) is 0 Å². The first-order valence-corrected chi connectivity index (χ1v) is 6.35. The maximum absolute atomic E-state index is 9.05. The minimum Gasteiger partial charge on any atom is -0.387 e. The molecule has 1 aliphatic carbocycles. The Morgan fingerprint density at radius 1 is 1.17 bits per heavy atom. The third-order valence-corrected chi connectivity index (χ3v) is 3.81. The number of rotatable bonds is 3. The topological polar surface area (TPSA) is 59.2 Å². The van der Waals surface area contributed by atoms with E-state index in [1.807, 2.05) is 18.2 Å². The maximum Gasteiger partial charge on any atom is 0.252 e. The molecular weight excluding hydrogens is 228 g/mol. The summed E-state index contributed by atoms with van der Waals surface area (Å²) >= 11 is 0. The molecule has 0 aliphatic heterocycles. The number of aromatic nitrogens is 2. The summed E-state index contributed by atoms with van der Waals surface area (Å²) in [5.41, 5.74) is 1.12. The molecule has 1 aromatic carbocycles. The van der Waals surface area contributed by atoms with Gasteiger partial charge in [0.25, 0.3) is 5.89 Å². The Labute approximate surface area is 106 Å². The summed E-state index contributed by atoms with van der Waals surface area (Å²) in [4.78, 5) is 4.33. The van der Waals surface area contributed by atoms with Crippen LogP contribution in [0, 0.1) is 0 Å². The second-order valence-electron chi connectivity index (χ2n) is 4.83. The van der Waals surface area contributed by atoms with Crippen molar-refractivity contribution in [1.82, 2.24) is 10.1 Å². The van der Waals surface area contributed by atoms with E-state index < -0.39 is 0 Å². The quantitative estimate of drug-likeness (QED) is 0.900. The van der Waals surface area contributed by atoms with Crippen molar-refractivity contribution in [3.8, 4) is 0 Å². The Balaban J connectivity index is 2.06. The lowest BCUT2D eigenvalue weighted by molar-refractivity contribution is 0.222. The summed E-state index contributed by atoms with van der Waals surface area (Å²) in [6.07, 6.45) is 4.44. The molecule has 1 N–H and O–H groups in total. The molecule has 3 rings (SSSR count). The number of hydrogen-bond acceptors (Lipinski definition) is 4. The highest BCUT2D eigenvalue weighted by atomic mass is 16.5. The zero-order chi connectivity index (χ0) is 12.4. The zero-order valence-corrected chi connectivity index (χ0v) is 10.2. The van der Waals surface area contributed by atoms with Gasteiger partial charge in [0.15, 0.2) is 5.82 Å². The molecule has 1 fully saturated rings. The fourth-order valence-corrected chi connectivity index (χ4v) is 2.89. The standard InChI is InChI=1S/C14H16N2O2/c17-10-12-15-13(16-18-12)14(8-4-5-9-14)11-6-2-1-3-7-11/h1-3,6-7,17H,4-5,8-10H2. The minimum atomic E-state index is -0.197. The number of hydrogen-bond donors (Lipinski definition) is 1. The van der Waals surface area contributed by atoms with E-state index in [1.165, 1.54) is 18.4 Å². The van der Waals surface area contributed by atoms with Crippen molar-refractivity contribution in [2.75, 3.05) is 0 Å². The highest BCUT2D eigenvalue weighted by Crippen LogP contribution is 2.44. The van der Waals surface area contributed by atoms with Gasteiger partial charge in [-0.2, -0.15) is 4.98 Å². The highest BCUT2D eigenvalue weighted by Gasteiger charge is 2.41. The number of nitrogens with zero attached hydrogens (tertiary/aromatic N) is 2. The highest BCUT2D eigenvalue weighted by molar-refractivity contribution is 5.33. The normalized spacial score (nSPS) is 18.1. The van der Waals surface area contributed by atoms with Crippen molar-refractivity contribution in [2.45, 2.75) is 37.7 Å². The SMILES string of the molecule is OCc1nc(C2(c3ccccc3)CCCC2)no1. The monoisotopic (exact) mass is 244 g/mol. The van der Waals surface area contributed by atoms with Crippen molar-refractivity contribution in [3.05, 3.63) is 47.6 Å². The van der Waals surface area contributed by atoms with Gasteiger partial charge in [-0.3, -0.25) is 0 Å². The molecule has 0 unspecified atom stereocenters. The lowest BCUT2D eigenvalue weighted by Crippen LogP contribution is -2.25. The van der Waals surface area contributed by atoms with Crippen LogP contribution in [0.2, 0.25) is 0 Å². The molecule has 2 aromatic rings.